The zero-order chi connectivity index (χ0) is 21.0. The number of rotatable bonds is 6. The van der Waals surface area contributed by atoms with Crippen LogP contribution in [0.2, 0.25) is 0 Å². The van der Waals surface area contributed by atoms with Gasteiger partial charge in [0.25, 0.3) is 0 Å². The SMILES string of the molecule is COc1cc2ncnc(N/N=C/c3ccc(C(C)(C)C)cc3)c2c(OC)c1OC. The van der Waals surface area contributed by atoms with Crippen LogP contribution in [-0.2, 0) is 5.41 Å². The van der Waals surface area contributed by atoms with Crippen molar-refractivity contribution in [2.24, 2.45) is 5.10 Å². The first-order valence-corrected chi connectivity index (χ1v) is 9.22. The summed E-state index contributed by atoms with van der Waals surface area (Å²) < 4.78 is 16.4. The van der Waals surface area contributed by atoms with Crippen LogP contribution in [0.5, 0.6) is 17.2 Å². The van der Waals surface area contributed by atoms with Gasteiger partial charge >= 0.3 is 0 Å². The van der Waals surface area contributed by atoms with Crippen molar-refractivity contribution < 1.29 is 14.2 Å². The summed E-state index contributed by atoms with van der Waals surface area (Å²) in [6.07, 6.45) is 3.21. The Morgan fingerprint density at radius 2 is 1.62 bits per heavy atom. The molecule has 0 fully saturated rings. The minimum atomic E-state index is 0.116. The quantitative estimate of drug-likeness (QED) is 0.493. The van der Waals surface area contributed by atoms with Crippen LogP contribution < -0.4 is 19.6 Å². The molecule has 7 nitrogen and oxygen atoms in total. The Morgan fingerprint density at radius 3 is 2.21 bits per heavy atom. The van der Waals surface area contributed by atoms with E-state index in [9.17, 15) is 0 Å². The molecule has 1 N–H and O–H groups in total. The van der Waals surface area contributed by atoms with Gasteiger partial charge in [-0.05, 0) is 16.5 Å². The number of nitrogens with zero attached hydrogens (tertiary/aromatic N) is 3. The number of hydrogen-bond donors (Lipinski definition) is 1. The Bertz CT molecular complexity index is 1020. The summed E-state index contributed by atoms with van der Waals surface area (Å²) in [5.74, 6) is 2.00. The van der Waals surface area contributed by atoms with E-state index in [4.69, 9.17) is 14.2 Å². The van der Waals surface area contributed by atoms with Crippen LogP contribution in [0.25, 0.3) is 10.9 Å². The summed E-state index contributed by atoms with van der Waals surface area (Å²) in [4.78, 5) is 8.63. The van der Waals surface area contributed by atoms with Crippen LogP contribution in [0, 0.1) is 0 Å². The van der Waals surface area contributed by atoms with Gasteiger partial charge in [-0.25, -0.2) is 9.97 Å². The summed E-state index contributed by atoms with van der Waals surface area (Å²) in [6.45, 7) is 6.57. The van der Waals surface area contributed by atoms with E-state index in [1.807, 2.05) is 12.1 Å². The monoisotopic (exact) mass is 394 g/mol. The molecule has 29 heavy (non-hydrogen) atoms. The molecule has 7 heteroatoms. The van der Waals surface area contributed by atoms with Crippen molar-refractivity contribution in [2.45, 2.75) is 26.2 Å². The van der Waals surface area contributed by atoms with Crippen molar-refractivity contribution in [1.82, 2.24) is 9.97 Å². The van der Waals surface area contributed by atoms with Crippen LogP contribution >= 0.6 is 0 Å². The van der Waals surface area contributed by atoms with Crippen molar-refractivity contribution in [1.29, 1.82) is 0 Å². The number of hydrogen-bond acceptors (Lipinski definition) is 7. The molecular weight excluding hydrogens is 368 g/mol. The zero-order valence-corrected chi connectivity index (χ0v) is 17.6. The van der Waals surface area contributed by atoms with E-state index in [0.717, 1.165) is 5.56 Å². The van der Waals surface area contributed by atoms with Crippen molar-refractivity contribution in [3.8, 4) is 17.2 Å². The van der Waals surface area contributed by atoms with Gasteiger partial charge in [0.1, 0.15) is 6.33 Å². The van der Waals surface area contributed by atoms with Gasteiger partial charge in [-0.15, -0.1) is 0 Å². The Labute approximate surface area is 170 Å². The fourth-order valence-corrected chi connectivity index (χ4v) is 3.01. The van der Waals surface area contributed by atoms with Crippen LogP contribution in [0.1, 0.15) is 31.9 Å². The molecular formula is C22H26N4O3. The first-order chi connectivity index (χ1) is 13.9. The Morgan fingerprint density at radius 1 is 0.931 bits per heavy atom. The lowest BCUT2D eigenvalue weighted by atomic mass is 9.87. The summed E-state index contributed by atoms with van der Waals surface area (Å²) in [5.41, 5.74) is 6.01. The highest BCUT2D eigenvalue weighted by atomic mass is 16.5. The summed E-state index contributed by atoms with van der Waals surface area (Å²) in [6, 6.07) is 10.1. The molecule has 1 aromatic heterocycles. The van der Waals surface area contributed by atoms with Gasteiger partial charge in [0.15, 0.2) is 17.3 Å². The van der Waals surface area contributed by atoms with Gasteiger partial charge < -0.3 is 14.2 Å². The lowest BCUT2D eigenvalue weighted by Gasteiger charge is -2.18. The molecule has 0 bridgehead atoms. The number of hydrazone groups is 1. The minimum absolute atomic E-state index is 0.116. The van der Waals surface area contributed by atoms with Gasteiger partial charge in [-0.3, -0.25) is 5.43 Å². The number of anilines is 1. The number of nitrogens with one attached hydrogen (secondary N) is 1. The molecule has 3 aromatic rings. The lowest BCUT2D eigenvalue weighted by molar-refractivity contribution is 0.327. The normalized spacial score (nSPS) is 11.7. The highest BCUT2D eigenvalue weighted by molar-refractivity contribution is 5.98. The zero-order valence-electron chi connectivity index (χ0n) is 17.6. The van der Waals surface area contributed by atoms with Crippen LogP contribution in [0.3, 0.4) is 0 Å². The Kier molecular flexibility index (Phi) is 5.87. The third-order valence-corrected chi connectivity index (χ3v) is 4.59. The smallest absolute Gasteiger partial charge is 0.204 e. The number of fused-ring (bicyclic) bond motifs is 1. The van der Waals surface area contributed by atoms with Gasteiger partial charge in [-0.2, -0.15) is 5.10 Å². The van der Waals surface area contributed by atoms with Crippen molar-refractivity contribution >= 4 is 22.9 Å². The van der Waals surface area contributed by atoms with E-state index in [2.05, 4.69) is 53.4 Å². The van der Waals surface area contributed by atoms with Crippen molar-refractivity contribution in [3.63, 3.8) is 0 Å². The molecule has 1 heterocycles. The summed E-state index contributed by atoms with van der Waals surface area (Å²) in [5, 5.41) is 4.99. The Balaban J connectivity index is 1.93. The second-order valence-corrected chi connectivity index (χ2v) is 7.50. The molecule has 0 amide bonds. The average Bonchev–Trinajstić information content (AvgIpc) is 2.72. The number of benzene rings is 2. The Hall–Kier alpha value is -3.35. The molecule has 0 radical (unpaired) electrons. The molecule has 3 rings (SSSR count). The fourth-order valence-electron chi connectivity index (χ4n) is 3.01. The molecule has 152 valence electrons. The van der Waals surface area contributed by atoms with Crippen molar-refractivity contribution in [2.75, 3.05) is 26.8 Å². The maximum atomic E-state index is 5.57. The average molecular weight is 394 g/mol. The third-order valence-electron chi connectivity index (χ3n) is 4.59. The molecule has 0 unspecified atom stereocenters. The van der Waals surface area contributed by atoms with Crippen LogP contribution in [0.15, 0.2) is 41.8 Å². The topological polar surface area (TPSA) is 77.9 Å². The van der Waals surface area contributed by atoms with E-state index >= 15 is 0 Å². The molecule has 0 aliphatic heterocycles. The molecule has 0 aliphatic carbocycles. The number of aromatic nitrogens is 2. The van der Waals surface area contributed by atoms with E-state index in [-0.39, 0.29) is 5.41 Å². The highest BCUT2D eigenvalue weighted by Crippen LogP contribution is 2.44. The summed E-state index contributed by atoms with van der Waals surface area (Å²) >= 11 is 0. The van der Waals surface area contributed by atoms with Crippen LogP contribution in [-0.4, -0.2) is 37.5 Å². The predicted octanol–water partition coefficient (Wildman–Crippen LogP) is 4.40. The molecule has 0 saturated carbocycles. The molecule has 0 saturated heterocycles. The van der Waals surface area contributed by atoms with Crippen molar-refractivity contribution in [3.05, 3.63) is 47.8 Å². The predicted molar refractivity (Wildman–Crippen MR) is 116 cm³/mol. The van der Waals surface area contributed by atoms with Crippen LogP contribution in [0.4, 0.5) is 5.82 Å². The first kappa shape index (κ1) is 20.4. The van der Waals surface area contributed by atoms with E-state index in [1.54, 1.807) is 33.6 Å². The second kappa shape index (κ2) is 8.34. The first-order valence-electron chi connectivity index (χ1n) is 9.22. The maximum Gasteiger partial charge on any atom is 0.204 e. The van der Waals surface area contributed by atoms with Gasteiger partial charge in [0.2, 0.25) is 5.75 Å². The van der Waals surface area contributed by atoms with Gasteiger partial charge in [-0.1, -0.05) is 45.0 Å². The van der Waals surface area contributed by atoms with Gasteiger partial charge in [0, 0.05) is 6.07 Å². The standard InChI is InChI=1S/C22H26N4O3/c1-22(2,3)15-9-7-14(8-10-15)12-25-26-21-18-16(23-13-24-21)11-17(27-4)19(28-5)20(18)29-6/h7-13H,1-6H3,(H,23,24,26)/b25-12+. The maximum absolute atomic E-state index is 5.57. The lowest BCUT2D eigenvalue weighted by Crippen LogP contribution is -2.10. The summed E-state index contributed by atoms with van der Waals surface area (Å²) in [7, 11) is 4.69. The molecule has 0 atom stereocenters. The molecule has 0 spiro atoms. The molecule has 0 aliphatic rings. The third kappa shape index (κ3) is 4.23. The minimum Gasteiger partial charge on any atom is -0.493 e. The van der Waals surface area contributed by atoms with Gasteiger partial charge in [0.05, 0.1) is 38.4 Å². The van der Waals surface area contributed by atoms with E-state index < -0.39 is 0 Å². The second-order valence-electron chi connectivity index (χ2n) is 7.50. The number of ether oxygens (including phenoxy) is 3. The van der Waals surface area contributed by atoms with E-state index in [0.29, 0.717) is 34.0 Å². The largest absolute Gasteiger partial charge is 0.493 e. The number of methoxy groups -OCH3 is 3. The van der Waals surface area contributed by atoms with E-state index in [1.165, 1.54) is 11.9 Å². The highest BCUT2D eigenvalue weighted by Gasteiger charge is 2.20. The molecule has 2 aromatic carbocycles. The fraction of sp³-hybridized carbons (Fsp3) is 0.318.